The number of rotatable bonds is 3. The number of hydrogen-bond acceptors (Lipinski definition) is 3. The van der Waals surface area contributed by atoms with Gasteiger partial charge >= 0.3 is 0 Å². The van der Waals surface area contributed by atoms with Gasteiger partial charge in [-0.05, 0) is 26.0 Å². The number of benzene rings is 1. The molecule has 0 aromatic heterocycles. The van der Waals surface area contributed by atoms with Crippen molar-refractivity contribution in [2.24, 2.45) is 0 Å². The quantitative estimate of drug-likeness (QED) is 0.750. The average molecular weight is 199 g/mol. The number of para-hydroxylation sites is 1. The van der Waals surface area contributed by atoms with Crippen molar-refractivity contribution in [2.45, 2.75) is 25.9 Å². The zero-order chi connectivity index (χ0) is 11.3. The van der Waals surface area contributed by atoms with Gasteiger partial charge in [0.25, 0.3) is 0 Å². The molecule has 1 aromatic rings. The first kappa shape index (κ1) is 11.1. The van der Waals surface area contributed by atoms with Gasteiger partial charge in [-0.25, -0.2) is 0 Å². The fraction of sp³-hybridized carbons (Fsp3) is 0.333. The van der Waals surface area contributed by atoms with Gasteiger partial charge in [0, 0.05) is 5.69 Å². The van der Waals surface area contributed by atoms with Gasteiger partial charge in [0.2, 0.25) is 0 Å². The number of nitrogens with zero attached hydrogens (tertiary/aromatic N) is 3. The van der Waals surface area contributed by atoms with Gasteiger partial charge in [-0.2, -0.15) is 10.5 Å². The third kappa shape index (κ3) is 2.48. The normalized spacial score (nSPS) is 13.3. The molecule has 0 radical (unpaired) electrons. The first-order valence-corrected chi connectivity index (χ1v) is 4.83. The van der Waals surface area contributed by atoms with Gasteiger partial charge in [0.1, 0.15) is 12.1 Å². The van der Waals surface area contributed by atoms with Gasteiger partial charge in [0.05, 0.1) is 12.1 Å². The van der Waals surface area contributed by atoms with E-state index in [1.165, 1.54) is 0 Å². The molecule has 2 atom stereocenters. The Morgan fingerprint density at radius 3 is 1.87 bits per heavy atom. The van der Waals surface area contributed by atoms with Crippen molar-refractivity contribution in [1.82, 2.24) is 0 Å². The molecule has 3 heteroatoms. The molecule has 0 spiro atoms. The van der Waals surface area contributed by atoms with E-state index in [2.05, 4.69) is 12.1 Å². The molecule has 0 aliphatic heterocycles. The van der Waals surface area contributed by atoms with Gasteiger partial charge in [-0.15, -0.1) is 0 Å². The molecular weight excluding hydrogens is 186 g/mol. The first-order valence-electron chi connectivity index (χ1n) is 4.83. The summed E-state index contributed by atoms with van der Waals surface area (Å²) in [5.41, 5.74) is 0.903. The van der Waals surface area contributed by atoms with Crippen LogP contribution in [0.5, 0.6) is 0 Å². The van der Waals surface area contributed by atoms with E-state index in [9.17, 15) is 0 Å². The van der Waals surface area contributed by atoms with Gasteiger partial charge in [-0.3, -0.25) is 0 Å². The maximum Gasteiger partial charge on any atom is 0.115 e. The summed E-state index contributed by atoms with van der Waals surface area (Å²) in [6, 6.07) is 13.2. The molecule has 0 saturated carbocycles. The maximum atomic E-state index is 8.91. The van der Waals surface area contributed by atoms with Crippen LogP contribution in [0.15, 0.2) is 30.3 Å². The van der Waals surface area contributed by atoms with E-state index >= 15 is 0 Å². The molecule has 3 nitrogen and oxygen atoms in total. The zero-order valence-corrected chi connectivity index (χ0v) is 8.88. The summed E-state index contributed by atoms with van der Waals surface area (Å²) >= 11 is 0. The van der Waals surface area contributed by atoms with Crippen LogP contribution in [0.2, 0.25) is 0 Å². The van der Waals surface area contributed by atoms with Crippen LogP contribution in [-0.2, 0) is 0 Å². The third-order valence-electron chi connectivity index (χ3n) is 2.26. The summed E-state index contributed by atoms with van der Waals surface area (Å²) < 4.78 is 0. The van der Waals surface area contributed by atoms with E-state index in [-0.39, 0.29) is 12.1 Å². The summed E-state index contributed by atoms with van der Waals surface area (Å²) in [4.78, 5) is 1.81. The molecular formula is C12H13N3. The Hall–Kier alpha value is -2.00. The highest BCUT2D eigenvalue weighted by Crippen LogP contribution is 2.18. The standard InChI is InChI=1S/C12H13N3/c1-10(8-13)15(11(2)9-14)12-6-4-3-5-7-12/h3-7,10-11H,1-2H3/t10-,11-/m1/s1. The molecule has 0 bridgehead atoms. The summed E-state index contributed by atoms with van der Waals surface area (Å²) in [7, 11) is 0. The molecule has 15 heavy (non-hydrogen) atoms. The minimum absolute atomic E-state index is 0.304. The average Bonchev–Trinajstić information content (AvgIpc) is 2.30. The van der Waals surface area contributed by atoms with E-state index in [4.69, 9.17) is 10.5 Å². The summed E-state index contributed by atoms with van der Waals surface area (Å²) in [6.07, 6.45) is 0. The second-order valence-corrected chi connectivity index (χ2v) is 3.35. The smallest absolute Gasteiger partial charge is 0.115 e. The van der Waals surface area contributed by atoms with Crippen LogP contribution in [0.25, 0.3) is 0 Å². The molecule has 1 aromatic carbocycles. The minimum Gasteiger partial charge on any atom is -0.340 e. The van der Waals surface area contributed by atoms with E-state index in [1.807, 2.05) is 30.3 Å². The van der Waals surface area contributed by atoms with Crippen molar-refractivity contribution in [3.63, 3.8) is 0 Å². The van der Waals surface area contributed by atoms with Crippen LogP contribution >= 0.6 is 0 Å². The van der Waals surface area contributed by atoms with E-state index in [0.717, 1.165) is 5.69 Å². The molecule has 0 saturated heterocycles. The Bertz CT molecular complexity index is 366. The Balaban J connectivity index is 3.04. The van der Waals surface area contributed by atoms with Crippen molar-refractivity contribution >= 4 is 5.69 Å². The maximum absolute atomic E-state index is 8.91. The van der Waals surface area contributed by atoms with Crippen LogP contribution < -0.4 is 4.90 Å². The van der Waals surface area contributed by atoms with Gasteiger partial charge < -0.3 is 4.90 Å². The van der Waals surface area contributed by atoms with Crippen molar-refractivity contribution < 1.29 is 0 Å². The highest BCUT2D eigenvalue weighted by Gasteiger charge is 2.19. The fourth-order valence-corrected chi connectivity index (χ4v) is 1.51. The summed E-state index contributed by atoms with van der Waals surface area (Å²) in [5, 5.41) is 17.8. The molecule has 0 aliphatic rings. The predicted octanol–water partition coefficient (Wildman–Crippen LogP) is 2.32. The van der Waals surface area contributed by atoms with Crippen molar-refractivity contribution in [2.75, 3.05) is 4.90 Å². The van der Waals surface area contributed by atoms with Crippen LogP contribution in [0.3, 0.4) is 0 Å². The molecule has 0 amide bonds. The Morgan fingerprint density at radius 1 is 1.00 bits per heavy atom. The highest BCUT2D eigenvalue weighted by atomic mass is 15.2. The van der Waals surface area contributed by atoms with Crippen molar-refractivity contribution in [1.29, 1.82) is 10.5 Å². The summed E-state index contributed by atoms with van der Waals surface area (Å²) in [5.74, 6) is 0. The lowest BCUT2D eigenvalue weighted by atomic mass is 10.2. The number of hydrogen-bond donors (Lipinski definition) is 0. The van der Waals surface area contributed by atoms with Gasteiger partial charge in [0.15, 0.2) is 0 Å². The largest absolute Gasteiger partial charge is 0.340 e. The molecule has 0 unspecified atom stereocenters. The second kappa shape index (κ2) is 5.02. The third-order valence-corrected chi connectivity index (χ3v) is 2.26. The van der Waals surface area contributed by atoms with Crippen LogP contribution in [0, 0.1) is 22.7 Å². The number of anilines is 1. The molecule has 0 fully saturated rings. The summed E-state index contributed by atoms with van der Waals surface area (Å²) in [6.45, 7) is 3.58. The topological polar surface area (TPSA) is 50.8 Å². The predicted molar refractivity (Wildman–Crippen MR) is 59.1 cm³/mol. The second-order valence-electron chi connectivity index (χ2n) is 3.35. The molecule has 0 heterocycles. The van der Waals surface area contributed by atoms with Crippen molar-refractivity contribution in [3.8, 4) is 12.1 Å². The van der Waals surface area contributed by atoms with Crippen LogP contribution in [0.1, 0.15) is 13.8 Å². The highest BCUT2D eigenvalue weighted by molar-refractivity contribution is 5.50. The Kier molecular flexibility index (Phi) is 3.71. The van der Waals surface area contributed by atoms with Gasteiger partial charge in [-0.1, -0.05) is 18.2 Å². The zero-order valence-electron chi connectivity index (χ0n) is 8.88. The first-order chi connectivity index (χ1) is 7.20. The lowest BCUT2D eigenvalue weighted by Crippen LogP contribution is -2.38. The minimum atomic E-state index is -0.304. The lowest BCUT2D eigenvalue weighted by molar-refractivity contribution is 0.697. The number of nitriles is 2. The molecule has 76 valence electrons. The molecule has 0 N–H and O–H groups in total. The lowest BCUT2D eigenvalue weighted by Gasteiger charge is -2.29. The Morgan fingerprint density at radius 2 is 1.47 bits per heavy atom. The van der Waals surface area contributed by atoms with E-state index in [1.54, 1.807) is 18.7 Å². The van der Waals surface area contributed by atoms with Crippen molar-refractivity contribution in [3.05, 3.63) is 30.3 Å². The van der Waals surface area contributed by atoms with E-state index < -0.39 is 0 Å². The molecule has 0 aliphatic carbocycles. The van der Waals surface area contributed by atoms with E-state index in [0.29, 0.717) is 0 Å². The fourth-order valence-electron chi connectivity index (χ4n) is 1.51. The Labute approximate surface area is 90.2 Å². The SMILES string of the molecule is C[C@H](C#N)N(c1ccccc1)[C@H](C)C#N. The monoisotopic (exact) mass is 199 g/mol. The molecule has 1 rings (SSSR count). The van der Waals surface area contributed by atoms with Crippen LogP contribution in [-0.4, -0.2) is 12.1 Å². The van der Waals surface area contributed by atoms with Crippen LogP contribution in [0.4, 0.5) is 5.69 Å².